The minimum absolute atomic E-state index is 0.320. The number of anilines is 1. The van der Waals surface area contributed by atoms with E-state index in [1.165, 1.54) is 0 Å². The molecular formula is C16H22N2O2. The standard InChI is InChI=1S/C16H22N2O2/c1-11(2)16-18-14-9-13(3-4-15(14)20-16)17-10-12-5-7-19-8-6-12/h3-4,9,11-12,17H,5-8,10H2,1-2H3. The van der Waals surface area contributed by atoms with Gasteiger partial charge in [-0.25, -0.2) is 4.98 Å². The highest BCUT2D eigenvalue weighted by Gasteiger charge is 2.14. The summed E-state index contributed by atoms with van der Waals surface area (Å²) in [6, 6.07) is 6.14. The van der Waals surface area contributed by atoms with Crippen LogP contribution in [-0.2, 0) is 4.74 Å². The van der Waals surface area contributed by atoms with E-state index in [0.29, 0.717) is 11.8 Å². The molecule has 4 nitrogen and oxygen atoms in total. The zero-order valence-electron chi connectivity index (χ0n) is 12.2. The lowest BCUT2D eigenvalue weighted by molar-refractivity contribution is 0.0699. The number of hydrogen-bond donors (Lipinski definition) is 1. The van der Waals surface area contributed by atoms with Crippen molar-refractivity contribution < 1.29 is 9.15 Å². The molecule has 3 rings (SSSR count). The number of oxazole rings is 1. The number of benzene rings is 1. The van der Waals surface area contributed by atoms with Crippen molar-refractivity contribution in [3.63, 3.8) is 0 Å². The number of nitrogens with zero attached hydrogens (tertiary/aromatic N) is 1. The Morgan fingerprint density at radius 2 is 2.10 bits per heavy atom. The van der Waals surface area contributed by atoms with E-state index in [0.717, 1.165) is 55.3 Å². The van der Waals surface area contributed by atoms with Crippen molar-refractivity contribution in [3.8, 4) is 0 Å². The van der Waals surface area contributed by atoms with Gasteiger partial charge in [0.1, 0.15) is 5.52 Å². The average Bonchev–Trinajstić information content (AvgIpc) is 2.89. The molecule has 2 heterocycles. The van der Waals surface area contributed by atoms with Crippen molar-refractivity contribution in [1.29, 1.82) is 0 Å². The molecule has 0 radical (unpaired) electrons. The molecule has 1 saturated heterocycles. The molecule has 1 fully saturated rings. The lowest BCUT2D eigenvalue weighted by Gasteiger charge is -2.22. The first-order valence-electron chi connectivity index (χ1n) is 7.44. The van der Waals surface area contributed by atoms with E-state index in [1.807, 2.05) is 6.07 Å². The lowest BCUT2D eigenvalue weighted by Crippen LogP contribution is -2.22. The topological polar surface area (TPSA) is 47.3 Å². The Hall–Kier alpha value is -1.55. The van der Waals surface area contributed by atoms with Gasteiger partial charge in [-0.15, -0.1) is 0 Å². The third-order valence-corrected chi connectivity index (χ3v) is 3.83. The van der Waals surface area contributed by atoms with Crippen molar-refractivity contribution >= 4 is 16.8 Å². The highest BCUT2D eigenvalue weighted by molar-refractivity contribution is 5.77. The molecular weight excluding hydrogens is 252 g/mol. The van der Waals surface area contributed by atoms with Gasteiger partial charge in [0.05, 0.1) is 0 Å². The normalized spacial score (nSPS) is 16.9. The molecule has 0 spiro atoms. The third-order valence-electron chi connectivity index (χ3n) is 3.83. The van der Waals surface area contributed by atoms with Crippen molar-refractivity contribution in [2.75, 3.05) is 25.1 Å². The first-order chi connectivity index (χ1) is 9.72. The molecule has 0 bridgehead atoms. The Kier molecular flexibility index (Phi) is 3.92. The van der Waals surface area contributed by atoms with Gasteiger partial charge in [-0.3, -0.25) is 0 Å². The summed E-state index contributed by atoms with van der Waals surface area (Å²) in [6.07, 6.45) is 2.30. The van der Waals surface area contributed by atoms with Gasteiger partial charge in [0.15, 0.2) is 11.5 Å². The largest absolute Gasteiger partial charge is 0.440 e. The lowest BCUT2D eigenvalue weighted by atomic mass is 10.0. The van der Waals surface area contributed by atoms with Crippen LogP contribution in [-0.4, -0.2) is 24.7 Å². The zero-order chi connectivity index (χ0) is 13.9. The molecule has 0 atom stereocenters. The number of nitrogens with one attached hydrogen (secondary N) is 1. The Labute approximate surface area is 119 Å². The maximum Gasteiger partial charge on any atom is 0.198 e. The van der Waals surface area contributed by atoms with Gasteiger partial charge in [0.2, 0.25) is 0 Å². The van der Waals surface area contributed by atoms with Gasteiger partial charge < -0.3 is 14.5 Å². The summed E-state index contributed by atoms with van der Waals surface area (Å²) >= 11 is 0. The Balaban J connectivity index is 1.68. The molecule has 4 heteroatoms. The third kappa shape index (κ3) is 2.96. The Bertz CT molecular complexity index is 571. The molecule has 20 heavy (non-hydrogen) atoms. The number of ether oxygens (including phenoxy) is 1. The van der Waals surface area contributed by atoms with Gasteiger partial charge in [-0.1, -0.05) is 13.8 Å². The fourth-order valence-corrected chi connectivity index (χ4v) is 2.51. The van der Waals surface area contributed by atoms with Crippen molar-refractivity contribution in [1.82, 2.24) is 4.98 Å². The summed E-state index contributed by atoms with van der Waals surface area (Å²) in [5.74, 6) is 1.84. The molecule has 1 aromatic heterocycles. The Morgan fingerprint density at radius 1 is 1.30 bits per heavy atom. The highest BCUT2D eigenvalue weighted by Crippen LogP contribution is 2.24. The number of hydrogen-bond acceptors (Lipinski definition) is 4. The van der Waals surface area contributed by atoms with E-state index < -0.39 is 0 Å². The second kappa shape index (κ2) is 5.83. The van der Waals surface area contributed by atoms with Gasteiger partial charge in [0, 0.05) is 31.4 Å². The maximum absolute atomic E-state index is 5.72. The van der Waals surface area contributed by atoms with E-state index >= 15 is 0 Å². The predicted molar refractivity (Wildman–Crippen MR) is 80.1 cm³/mol. The van der Waals surface area contributed by atoms with Crippen molar-refractivity contribution in [2.45, 2.75) is 32.6 Å². The molecule has 1 aliphatic rings. The summed E-state index contributed by atoms with van der Waals surface area (Å²) in [5.41, 5.74) is 2.92. The smallest absolute Gasteiger partial charge is 0.198 e. The van der Waals surface area contributed by atoms with Crippen LogP contribution in [0.25, 0.3) is 11.1 Å². The minimum Gasteiger partial charge on any atom is -0.440 e. The summed E-state index contributed by atoms with van der Waals surface area (Å²) in [6.45, 7) is 6.98. The monoisotopic (exact) mass is 274 g/mol. The van der Waals surface area contributed by atoms with E-state index in [4.69, 9.17) is 9.15 Å². The van der Waals surface area contributed by atoms with Crippen molar-refractivity contribution in [3.05, 3.63) is 24.1 Å². The number of aromatic nitrogens is 1. The second-order valence-electron chi connectivity index (χ2n) is 5.83. The number of rotatable bonds is 4. The summed E-state index contributed by atoms with van der Waals surface area (Å²) in [5, 5.41) is 3.51. The van der Waals surface area contributed by atoms with Crippen LogP contribution >= 0.6 is 0 Å². The van der Waals surface area contributed by atoms with Crippen LogP contribution in [0, 0.1) is 5.92 Å². The summed E-state index contributed by atoms with van der Waals surface area (Å²) in [4.78, 5) is 4.54. The first-order valence-corrected chi connectivity index (χ1v) is 7.44. The molecule has 1 aromatic carbocycles. The predicted octanol–water partition coefficient (Wildman–Crippen LogP) is 3.79. The van der Waals surface area contributed by atoms with E-state index in [2.05, 4.69) is 36.3 Å². The molecule has 1 aliphatic heterocycles. The van der Waals surface area contributed by atoms with Crippen LogP contribution in [0.4, 0.5) is 5.69 Å². The maximum atomic E-state index is 5.72. The number of fused-ring (bicyclic) bond motifs is 1. The van der Waals surface area contributed by atoms with E-state index in [9.17, 15) is 0 Å². The van der Waals surface area contributed by atoms with Crippen LogP contribution in [0.5, 0.6) is 0 Å². The Morgan fingerprint density at radius 3 is 2.85 bits per heavy atom. The van der Waals surface area contributed by atoms with Crippen LogP contribution in [0.3, 0.4) is 0 Å². The summed E-state index contributed by atoms with van der Waals surface area (Å²) < 4.78 is 11.1. The quantitative estimate of drug-likeness (QED) is 0.921. The second-order valence-corrected chi connectivity index (χ2v) is 5.83. The van der Waals surface area contributed by atoms with Gasteiger partial charge in [-0.05, 0) is 37.0 Å². The molecule has 0 unspecified atom stereocenters. The van der Waals surface area contributed by atoms with Crippen molar-refractivity contribution in [2.24, 2.45) is 5.92 Å². The highest BCUT2D eigenvalue weighted by atomic mass is 16.5. The molecule has 1 N–H and O–H groups in total. The van der Waals surface area contributed by atoms with Gasteiger partial charge in [0.25, 0.3) is 0 Å². The fourth-order valence-electron chi connectivity index (χ4n) is 2.51. The van der Waals surface area contributed by atoms with Gasteiger partial charge in [-0.2, -0.15) is 0 Å². The van der Waals surface area contributed by atoms with Gasteiger partial charge >= 0.3 is 0 Å². The first kappa shape index (κ1) is 13.4. The van der Waals surface area contributed by atoms with Crippen LogP contribution in [0.1, 0.15) is 38.5 Å². The zero-order valence-corrected chi connectivity index (χ0v) is 12.2. The average molecular weight is 274 g/mol. The fraction of sp³-hybridized carbons (Fsp3) is 0.562. The molecule has 108 valence electrons. The minimum atomic E-state index is 0.320. The van der Waals surface area contributed by atoms with E-state index in [-0.39, 0.29) is 0 Å². The molecule has 2 aromatic rings. The molecule has 0 aliphatic carbocycles. The van der Waals surface area contributed by atoms with Crippen LogP contribution in [0.2, 0.25) is 0 Å². The van der Waals surface area contributed by atoms with E-state index in [1.54, 1.807) is 0 Å². The summed E-state index contributed by atoms with van der Waals surface area (Å²) in [7, 11) is 0. The molecule has 0 amide bonds. The van der Waals surface area contributed by atoms with Crippen LogP contribution in [0.15, 0.2) is 22.6 Å². The SMILES string of the molecule is CC(C)c1nc2cc(NCC3CCOCC3)ccc2o1. The molecule has 0 saturated carbocycles. The van der Waals surface area contributed by atoms with Crippen LogP contribution < -0.4 is 5.32 Å².